The predicted molar refractivity (Wildman–Crippen MR) is 106 cm³/mol. The summed E-state index contributed by atoms with van der Waals surface area (Å²) in [4.78, 5) is 26.5. The van der Waals surface area contributed by atoms with Crippen molar-refractivity contribution in [1.82, 2.24) is 35.1 Å². The number of nitrogens with one attached hydrogen (secondary N) is 1. The van der Waals surface area contributed by atoms with Gasteiger partial charge in [-0.1, -0.05) is 0 Å². The fourth-order valence-electron chi connectivity index (χ4n) is 3.23. The Bertz CT molecular complexity index is 1010. The summed E-state index contributed by atoms with van der Waals surface area (Å²) in [5, 5.41) is 19.3. The second-order valence-electron chi connectivity index (χ2n) is 6.78. The predicted octanol–water partition coefficient (Wildman–Crippen LogP) is 0.639. The first kappa shape index (κ1) is 18.8. The van der Waals surface area contributed by atoms with Crippen LogP contribution in [0, 0.1) is 0 Å². The van der Waals surface area contributed by atoms with Gasteiger partial charge in [0.1, 0.15) is 0 Å². The number of anilines is 1. The van der Waals surface area contributed by atoms with E-state index in [1.807, 2.05) is 6.07 Å². The molecule has 10 nitrogen and oxygen atoms in total. The number of carbonyl (C=O) groups excluding carboxylic acids is 1. The van der Waals surface area contributed by atoms with Gasteiger partial charge in [0.2, 0.25) is 0 Å². The molecule has 0 saturated carbocycles. The number of aromatic nitrogens is 6. The van der Waals surface area contributed by atoms with E-state index in [2.05, 4.69) is 30.6 Å². The van der Waals surface area contributed by atoms with Crippen LogP contribution in [-0.4, -0.2) is 55.3 Å². The quantitative estimate of drug-likeness (QED) is 0.653. The summed E-state index contributed by atoms with van der Waals surface area (Å²) in [7, 11) is 0. The van der Waals surface area contributed by atoms with Crippen LogP contribution in [0.15, 0.2) is 47.5 Å². The molecule has 1 fully saturated rings. The summed E-state index contributed by atoms with van der Waals surface area (Å²) >= 11 is 0. The van der Waals surface area contributed by atoms with E-state index in [1.54, 1.807) is 35.3 Å². The smallest absolute Gasteiger partial charge is 0.271 e. The molecule has 4 heterocycles. The second-order valence-corrected chi connectivity index (χ2v) is 6.78. The highest BCUT2D eigenvalue weighted by Gasteiger charge is 2.14. The van der Waals surface area contributed by atoms with Crippen molar-refractivity contribution in [2.24, 2.45) is 0 Å². The molecule has 1 N–H and O–H groups in total. The van der Waals surface area contributed by atoms with Gasteiger partial charge in [0.25, 0.3) is 11.5 Å². The largest absolute Gasteiger partial charge is 0.355 e. The molecule has 29 heavy (non-hydrogen) atoms. The first-order chi connectivity index (χ1) is 14.2. The van der Waals surface area contributed by atoms with E-state index in [-0.39, 0.29) is 30.2 Å². The Morgan fingerprint density at radius 3 is 2.59 bits per heavy atom. The Kier molecular flexibility index (Phi) is 5.59. The van der Waals surface area contributed by atoms with Crippen molar-refractivity contribution in [3.63, 3.8) is 0 Å². The SMILES string of the molecule is O=C(NCCn1nc(-n2cccn2)ccc1=O)c1ccc(N2CCCCC2)nn1. The van der Waals surface area contributed by atoms with Crippen LogP contribution in [0.25, 0.3) is 5.82 Å². The Hall–Kier alpha value is -3.56. The molecule has 0 radical (unpaired) electrons. The molecule has 0 atom stereocenters. The van der Waals surface area contributed by atoms with Crippen molar-refractivity contribution in [3.05, 3.63) is 58.8 Å². The van der Waals surface area contributed by atoms with Crippen LogP contribution in [0.5, 0.6) is 0 Å². The lowest BCUT2D eigenvalue weighted by atomic mass is 10.1. The van der Waals surface area contributed by atoms with E-state index in [9.17, 15) is 9.59 Å². The summed E-state index contributed by atoms with van der Waals surface area (Å²) in [6.07, 6.45) is 6.92. The molecule has 1 aliphatic heterocycles. The standard InChI is InChI=1S/C19H22N8O2/c28-18-8-7-17(26-13-4-9-21-26)24-27(18)14-10-20-19(29)15-5-6-16(23-22-15)25-11-2-1-3-12-25/h4-9,13H,1-3,10-12,14H2,(H,20,29). The molecule has 1 saturated heterocycles. The number of hydrogen-bond donors (Lipinski definition) is 1. The fraction of sp³-hybridized carbons (Fsp3) is 0.368. The Morgan fingerprint density at radius 2 is 1.86 bits per heavy atom. The van der Waals surface area contributed by atoms with Crippen molar-refractivity contribution in [2.75, 3.05) is 24.5 Å². The third-order valence-corrected chi connectivity index (χ3v) is 4.76. The topological polar surface area (TPSA) is 111 Å². The van der Waals surface area contributed by atoms with Gasteiger partial charge in [-0.05, 0) is 43.5 Å². The first-order valence-corrected chi connectivity index (χ1v) is 9.66. The molecule has 0 aliphatic carbocycles. The summed E-state index contributed by atoms with van der Waals surface area (Å²) in [6.45, 7) is 2.42. The molecule has 1 aliphatic rings. The van der Waals surface area contributed by atoms with Gasteiger partial charge in [-0.25, -0.2) is 9.36 Å². The Balaban J connectivity index is 1.34. The number of amides is 1. The van der Waals surface area contributed by atoms with Crippen LogP contribution in [-0.2, 0) is 6.54 Å². The first-order valence-electron chi connectivity index (χ1n) is 9.66. The number of piperidine rings is 1. The van der Waals surface area contributed by atoms with Crippen LogP contribution in [0.4, 0.5) is 5.82 Å². The van der Waals surface area contributed by atoms with Crippen LogP contribution in [0.1, 0.15) is 29.8 Å². The molecule has 0 aromatic carbocycles. The zero-order valence-corrected chi connectivity index (χ0v) is 15.9. The monoisotopic (exact) mass is 394 g/mol. The highest BCUT2D eigenvalue weighted by Crippen LogP contribution is 2.16. The van der Waals surface area contributed by atoms with Crippen LogP contribution >= 0.6 is 0 Å². The third kappa shape index (κ3) is 4.48. The molecule has 150 valence electrons. The van der Waals surface area contributed by atoms with Crippen LogP contribution in [0.2, 0.25) is 0 Å². The maximum Gasteiger partial charge on any atom is 0.271 e. The average Bonchev–Trinajstić information content (AvgIpc) is 3.31. The van der Waals surface area contributed by atoms with E-state index in [0.717, 1.165) is 31.7 Å². The minimum atomic E-state index is -0.334. The number of carbonyl (C=O) groups is 1. The number of hydrogen-bond acceptors (Lipinski definition) is 7. The summed E-state index contributed by atoms with van der Waals surface area (Å²) in [5.74, 6) is 0.992. The van der Waals surface area contributed by atoms with E-state index in [0.29, 0.717) is 5.82 Å². The zero-order valence-electron chi connectivity index (χ0n) is 15.9. The van der Waals surface area contributed by atoms with E-state index >= 15 is 0 Å². The van der Waals surface area contributed by atoms with Crippen LogP contribution in [0.3, 0.4) is 0 Å². The maximum atomic E-state index is 12.3. The van der Waals surface area contributed by atoms with E-state index in [4.69, 9.17) is 0 Å². The molecular weight excluding hydrogens is 372 g/mol. The van der Waals surface area contributed by atoms with Crippen molar-refractivity contribution < 1.29 is 4.79 Å². The molecule has 4 rings (SSSR count). The number of rotatable bonds is 6. The molecule has 0 bridgehead atoms. The lowest BCUT2D eigenvalue weighted by Crippen LogP contribution is -2.33. The fourth-order valence-corrected chi connectivity index (χ4v) is 3.23. The van der Waals surface area contributed by atoms with Gasteiger partial charge in [0.15, 0.2) is 17.3 Å². The lowest BCUT2D eigenvalue weighted by molar-refractivity contribution is 0.0945. The normalized spacial score (nSPS) is 14.0. The molecule has 3 aromatic rings. The summed E-state index contributed by atoms with van der Waals surface area (Å²) in [5.41, 5.74) is -0.00260. The average molecular weight is 394 g/mol. The van der Waals surface area contributed by atoms with Gasteiger partial charge in [0.05, 0.1) is 6.54 Å². The van der Waals surface area contributed by atoms with Crippen molar-refractivity contribution in [1.29, 1.82) is 0 Å². The zero-order chi connectivity index (χ0) is 20.1. The molecule has 3 aromatic heterocycles. The van der Waals surface area contributed by atoms with Gasteiger partial charge in [-0.2, -0.15) is 5.10 Å². The minimum absolute atomic E-state index is 0.235. The highest BCUT2D eigenvalue weighted by molar-refractivity contribution is 5.92. The Morgan fingerprint density at radius 1 is 1.03 bits per heavy atom. The second kappa shape index (κ2) is 8.63. The van der Waals surface area contributed by atoms with Crippen molar-refractivity contribution in [3.8, 4) is 5.82 Å². The third-order valence-electron chi connectivity index (χ3n) is 4.76. The summed E-state index contributed by atoms with van der Waals surface area (Å²) < 4.78 is 2.86. The summed E-state index contributed by atoms with van der Waals surface area (Å²) in [6, 6.07) is 8.30. The van der Waals surface area contributed by atoms with Gasteiger partial charge in [-0.3, -0.25) is 9.59 Å². The maximum absolute atomic E-state index is 12.3. The number of nitrogens with zero attached hydrogens (tertiary/aromatic N) is 7. The Labute approximate surface area is 167 Å². The lowest BCUT2D eigenvalue weighted by Gasteiger charge is -2.27. The van der Waals surface area contributed by atoms with Gasteiger partial charge < -0.3 is 10.2 Å². The van der Waals surface area contributed by atoms with Crippen LogP contribution < -0.4 is 15.8 Å². The molecule has 1 amide bonds. The molecule has 10 heteroatoms. The molecule has 0 spiro atoms. The van der Waals surface area contributed by atoms with E-state index in [1.165, 1.54) is 17.2 Å². The van der Waals surface area contributed by atoms with Crippen molar-refractivity contribution in [2.45, 2.75) is 25.8 Å². The molecule has 0 unspecified atom stereocenters. The van der Waals surface area contributed by atoms with Gasteiger partial charge >= 0.3 is 0 Å². The van der Waals surface area contributed by atoms with Gasteiger partial charge in [-0.15, -0.1) is 15.3 Å². The molecular formula is C19H22N8O2. The highest BCUT2D eigenvalue weighted by atomic mass is 16.2. The van der Waals surface area contributed by atoms with Crippen molar-refractivity contribution >= 4 is 11.7 Å². The van der Waals surface area contributed by atoms with E-state index < -0.39 is 0 Å². The van der Waals surface area contributed by atoms with Gasteiger partial charge in [0, 0.05) is 38.1 Å². The minimum Gasteiger partial charge on any atom is -0.355 e.